The van der Waals surface area contributed by atoms with Crippen LogP contribution in [-0.4, -0.2) is 39.7 Å². The first-order valence-electron chi connectivity index (χ1n) is 4.94. The van der Waals surface area contributed by atoms with E-state index >= 15 is 0 Å². The number of nitrogens with one attached hydrogen (secondary N) is 1. The van der Waals surface area contributed by atoms with Gasteiger partial charge in [0.15, 0.2) is 6.04 Å². The van der Waals surface area contributed by atoms with Gasteiger partial charge in [-0.1, -0.05) is 0 Å². The Kier molecular flexibility index (Phi) is 4.48. The third-order valence-corrected chi connectivity index (χ3v) is 2.14. The van der Waals surface area contributed by atoms with Crippen molar-refractivity contribution < 1.29 is 29.1 Å². The van der Waals surface area contributed by atoms with Crippen molar-refractivity contribution in [1.82, 2.24) is 5.32 Å². The number of carbonyl (C=O) groups is 2. The maximum absolute atomic E-state index is 13.1. The van der Waals surface area contributed by atoms with Crippen LogP contribution in [0.15, 0.2) is 18.2 Å². The highest BCUT2D eigenvalue weighted by Gasteiger charge is 2.21. The molecular weight excluding hydrogens is 263 g/mol. The van der Waals surface area contributed by atoms with Crippen molar-refractivity contribution in [1.29, 1.82) is 0 Å². The number of benzene rings is 1. The molecule has 1 aromatic rings. The second kappa shape index (κ2) is 5.87. The monoisotopic (exact) mass is 272 g/mol. The first-order chi connectivity index (χ1) is 8.85. The van der Waals surface area contributed by atoms with Gasteiger partial charge in [0.25, 0.3) is 11.6 Å². The van der Waals surface area contributed by atoms with Crippen molar-refractivity contribution in [3.63, 3.8) is 0 Å². The summed E-state index contributed by atoms with van der Waals surface area (Å²) in [6.07, 6.45) is 0. The van der Waals surface area contributed by atoms with E-state index in [1.165, 1.54) is 0 Å². The molecule has 0 spiro atoms. The molecule has 0 heterocycles. The molecule has 0 saturated heterocycles. The minimum absolute atomic E-state index is 0.411. The number of aliphatic hydroxyl groups is 1. The molecule has 0 radical (unpaired) electrons. The molecule has 0 fully saturated rings. The molecule has 0 bridgehead atoms. The Morgan fingerprint density at radius 3 is 2.53 bits per heavy atom. The second-order valence-corrected chi connectivity index (χ2v) is 3.50. The zero-order valence-corrected chi connectivity index (χ0v) is 9.37. The minimum atomic E-state index is -1.57. The number of carboxylic acid groups (broad SMARTS) is 1. The van der Waals surface area contributed by atoms with Gasteiger partial charge in [-0.2, -0.15) is 0 Å². The third-order valence-electron chi connectivity index (χ3n) is 2.14. The summed E-state index contributed by atoms with van der Waals surface area (Å²) in [6.45, 7) is -0.863. The molecule has 1 aromatic carbocycles. The van der Waals surface area contributed by atoms with Crippen LogP contribution >= 0.6 is 0 Å². The van der Waals surface area contributed by atoms with Crippen LogP contribution in [0.3, 0.4) is 0 Å². The van der Waals surface area contributed by atoms with Gasteiger partial charge in [-0.15, -0.1) is 0 Å². The maximum atomic E-state index is 13.1. The van der Waals surface area contributed by atoms with Gasteiger partial charge in [0.05, 0.1) is 17.6 Å². The van der Waals surface area contributed by atoms with Crippen LogP contribution < -0.4 is 5.32 Å². The van der Waals surface area contributed by atoms with Crippen molar-refractivity contribution >= 4 is 17.6 Å². The summed E-state index contributed by atoms with van der Waals surface area (Å²) < 4.78 is 13.1. The van der Waals surface area contributed by atoms with Gasteiger partial charge in [-0.05, 0) is 6.07 Å². The molecule has 9 heteroatoms. The number of aliphatic carboxylic acids is 1. The van der Waals surface area contributed by atoms with Crippen LogP contribution in [0.4, 0.5) is 10.1 Å². The lowest BCUT2D eigenvalue weighted by Crippen LogP contribution is -2.43. The van der Waals surface area contributed by atoms with Crippen molar-refractivity contribution in [3.05, 3.63) is 39.7 Å². The van der Waals surface area contributed by atoms with Crippen LogP contribution in [0.1, 0.15) is 10.4 Å². The second-order valence-electron chi connectivity index (χ2n) is 3.50. The summed E-state index contributed by atoms with van der Waals surface area (Å²) in [4.78, 5) is 31.8. The number of hydrogen-bond acceptors (Lipinski definition) is 5. The maximum Gasteiger partial charge on any atom is 0.328 e. The molecule has 1 rings (SSSR count). The van der Waals surface area contributed by atoms with Crippen LogP contribution in [0, 0.1) is 15.9 Å². The predicted octanol–water partition coefficient (Wildman–Crippen LogP) is -0.0908. The van der Waals surface area contributed by atoms with Crippen LogP contribution in [0.5, 0.6) is 0 Å². The van der Waals surface area contributed by atoms with Gasteiger partial charge in [0.1, 0.15) is 5.82 Å². The highest BCUT2D eigenvalue weighted by atomic mass is 19.1. The van der Waals surface area contributed by atoms with Gasteiger partial charge in [0.2, 0.25) is 0 Å². The van der Waals surface area contributed by atoms with E-state index in [4.69, 9.17) is 10.2 Å². The van der Waals surface area contributed by atoms with E-state index in [1.54, 1.807) is 0 Å². The minimum Gasteiger partial charge on any atom is -0.480 e. The number of hydrogen-bond donors (Lipinski definition) is 3. The van der Waals surface area contributed by atoms with Gasteiger partial charge < -0.3 is 15.5 Å². The van der Waals surface area contributed by atoms with E-state index in [0.717, 1.165) is 12.1 Å². The summed E-state index contributed by atoms with van der Waals surface area (Å²) in [5.41, 5.74) is -1.05. The van der Waals surface area contributed by atoms with E-state index in [1.807, 2.05) is 5.32 Å². The summed E-state index contributed by atoms with van der Waals surface area (Å²) in [5.74, 6) is -3.53. The normalized spacial score (nSPS) is 11.7. The molecule has 1 atom stereocenters. The Labute approximate surface area is 105 Å². The molecular formula is C10H9FN2O6. The number of nitrogens with zero attached hydrogens (tertiary/aromatic N) is 1. The number of carbonyl (C=O) groups excluding carboxylic acids is 1. The highest BCUT2D eigenvalue weighted by molar-refractivity contribution is 5.97. The molecule has 0 aliphatic rings. The molecule has 3 N–H and O–H groups in total. The van der Waals surface area contributed by atoms with Crippen molar-refractivity contribution in [2.24, 2.45) is 0 Å². The number of amides is 1. The lowest BCUT2D eigenvalue weighted by Gasteiger charge is -2.11. The zero-order valence-electron chi connectivity index (χ0n) is 9.37. The van der Waals surface area contributed by atoms with E-state index in [2.05, 4.69) is 0 Å². The van der Waals surface area contributed by atoms with Crippen molar-refractivity contribution in [3.8, 4) is 0 Å². The average molecular weight is 272 g/mol. The Morgan fingerprint density at radius 2 is 2.05 bits per heavy atom. The fraction of sp³-hybridized carbons (Fsp3) is 0.200. The molecule has 0 aliphatic heterocycles. The number of halogens is 1. The standard InChI is InChI=1S/C10H9FN2O6/c11-6-1-5(2-7(3-6)13(18)19)9(15)12-8(4-14)10(16)17/h1-3,8,14H,4H2,(H,12,15)(H,16,17)/t8-/m0/s1. The molecule has 8 nitrogen and oxygen atoms in total. The molecule has 102 valence electrons. The average Bonchev–Trinajstić information content (AvgIpc) is 2.34. The Morgan fingerprint density at radius 1 is 1.42 bits per heavy atom. The zero-order chi connectivity index (χ0) is 14.6. The third kappa shape index (κ3) is 3.71. The SMILES string of the molecule is O=C(N[C@@H](CO)C(=O)O)c1cc(F)cc([N+](=O)[O-])c1. The van der Waals surface area contributed by atoms with Crippen molar-refractivity contribution in [2.75, 3.05) is 6.61 Å². The van der Waals surface area contributed by atoms with Crippen molar-refractivity contribution in [2.45, 2.75) is 6.04 Å². The summed E-state index contributed by atoms with van der Waals surface area (Å²) in [7, 11) is 0. The fourth-order valence-electron chi connectivity index (χ4n) is 1.24. The van der Waals surface area contributed by atoms with E-state index < -0.39 is 46.5 Å². The lowest BCUT2D eigenvalue weighted by atomic mass is 10.1. The summed E-state index contributed by atoms with van der Waals surface area (Å²) >= 11 is 0. The highest BCUT2D eigenvalue weighted by Crippen LogP contribution is 2.16. The number of aliphatic hydroxyl groups excluding tert-OH is 1. The molecule has 19 heavy (non-hydrogen) atoms. The lowest BCUT2D eigenvalue weighted by molar-refractivity contribution is -0.385. The van der Waals surface area contributed by atoms with E-state index in [-0.39, 0.29) is 0 Å². The van der Waals surface area contributed by atoms with Crippen LogP contribution in [-0.2, 0) is 4.79 Å². The summed E-state index contributed by atoms with van der Waals surface area (Å²) in [5, 5.41) is 29.7. The quantitative estimate of drug-likeness (QED) is 0.507. The van der Waals surface area contributed by atoms with Crippen LogP contribution in [0.2, 0.25) is 0 Å². The number of carboxylic acids is 1. The Bertz CT molecular complexity index is 533. The first-order valence-corrected chi connectivity index (χ1v) is 4.94. The molecule has 0 aromatic heterocycles. The topological polar surface area (TPSA) is 130 Å². The largest absolute Gasteiger partial charge is 0.480 e. The van der Waals surface area contributed by atoms with Gasteiger partial charge in [-0.25, -0.2) is 9.18 Å². The van der Waals surface area contributed by atoms with E-state index in [0.29, 0.717) is 6.07 Å². The number of rotatable bonds is 5. The molecule has 0 saturated carbocycles. The fourth-order valence-corrected chi connectivity index (χ4v) is 1.24. The van der Waals surface area contributed by atoms with Gasteiger partial charge in [-0.3, -0.25) is 14.9 Å². The summed E-state index contributed by atoms with van der Waals surface area (Å²) in [6, 6.07) is 0.569. The first kappa shape index (κ1) is 14.5. The number of nitro groups is 1. The van der Waals surface area contributed by atoms with Crippen LogP contribution in [0.25, 0.3) is 0 Å². The van der Waals surface area contributed by atoms with Gasteiger partial charge in [0, 0.05) is 11.6 Å². The Hall–Kier alpha value is -2.55. The number of nitro benzene ring substituents is 1. The van der Waals surface area contributed by atoms with Gasteiger partial charge >= 0.3 is 5.97 Å². The Balaban J connectivity index is 2.99. The van der Waals surface area contributed by atoms with E-state index in [9.17, 15) is 24.1 Å². The number of non-ortho nitro benzene ring substituents is 1. The molecule has 0 unspecified atom stereocenters. The molecule has 1 amide bonds. The molecule has 0 aliphatic carbocycles. The smallest absolute Gasteiger partial charge is 0.328 e. The predicted molar refractivity (Wildman–Crippen MR) is 59.0 cm³/mol.